The number of benzene rings is 1. The summed E-state index contributed by atoms with van der Waals surface area (Å²) in [6, 6.07) is 7.86. The molecule has 4 heteroatoms. The standard InChI is InChI=1S/C15H21NO3/c1-12(2)13-5-7-14(8-6-13)18-11-15(17)16-9-3-4-10-19-16/h5-8,12H,3-4,9-11H2,1-2H3. The van der Waals surface area contributed by atoms with Crippen LogP contribution >= 0.6 is 0 Å². The monoisotopic (exact) mass is 263 g/mol. The molecule has 0 aliphatic carbocycles. The van der Waals surface area contributed by atoms with E-state index in [1.165, 1.54) is 10.6 Å². The van der Waals surface area contributed by atoms with Gasteiger partial charge in [-0.25, -0.2) is 5.06 Å². The molecule has 1 saturated heterocycles. The van der Waals surface area contributed by atoms with E-state index in [9.17, 15) is 4.79 Å². The normalized spacial score (nSPS) is 15.6. The Balaban J connectivity index is 1.82. The third kappa shape index (κ3) is 3.96. The van der Waals surface area contributed by atoms with E-state index >= 15 is 0 Å². The van der Waals surface area contributed by atoms with Gasteiger partial charge in [0.25, 0.3) is 5.91 Å². The molecule has 1 aliphatic heterocycles. The van der Waals surface area contributed by atoms with Crippen LogP contribution in [0.5, 0.6) is 5.75 Å². The second kappa shape index (κ2) is 6.57. The lowest BCUT2D eigenvalue weighted by molar-refractivity contribution is -0.198. The lowest BCUT2D eigenvalue weighted by atomic mass is 10.0. The summed E-state index contributed by atoms with van der Waals surface area (Å²) in [4.78, 5) is 17.1. The fraction of sp³-hybridized carbons (Fsp3) is 0.533. The van der Waals surface area contributed by atoms with E-state index in [1.54, 1.807) is 0 Å². The molecule has 0 N–H and O–H groups in total. The quantitative estimate of drug-likeness (QED) is 0.838. The molecule has 0 saturated carbocycles. The highest BCUT2D eigenvalue weighted by Gasteiger charge is 2.18. The summed E-state index contributed by atoms with van der Waals surface area (Å²) in [5.74, 6) is 1.10. The van der Waals surface area contributed by atoms with Crippen LogP contribution in [0.25, 0.3) is 0 Å². The summed E-state index contributed by atoms with van der Waals surface area (Å²) in [5.41, 5.74) is 1.26. The van der Waals surface area contributed by atoms with Crippen LogP contribution in [0.4, 0.5) is 0 Å². The molecule has 2 rings (SSSR count). The zero-order valence-corrected chi connectivity index (χ0v) is 11.6. The molecule has 1 heterocycles. The number of hydrogen-bond donors (Lipinski definition) is 0. The summed E-state index contributed by atoms with van der Waals surface area (Å²) < 4.78 is 5.48. The zero-order valence-electron chi connectivity index (χ0n) is 11.6. The third-order valence-electron chi connectivity index (χ3n) is 3.19. The topological polar surface area (TPSA) is 38.8 Å². The van der Waals surface area contributed by atoms with Gasteiger partial charge in [0.05, 0.1) is 6.61 Å². The van der Waals surface area contributed by atoms with Crippen LogP contribution in [0.2, 0.25) is 0 Å². The minimum atomic E-state index is -0.118. The van der Waals surface area contributed by atoms with Crippen molar-refractivity contribution in [2.75, 3.05) is 19.8 Å². The first kappa shape index (κ1) is 13.9. The lowest BCUT2D eigenvalue weighted by Crippen LogP contribution is -2.38. The summed E-state index contributed by atoms with van der Waals surface area (Å²) >= 11 is 0. The van der Waals surface area contributed by atoms with E-state index in [4.69, 9.17) is 9.57 Å². The van der Waals surface area contributed by atoms with Crippen molar-refractivity contribution < 1.29 is 14.4 Å². The highest BCUT2D eigenvalue weighted by atomic mass is 16.7. The fourth-order valence-electron chi connectivity index (χ4n) is 1.96. The van der Waals surface area contributed by atoms with Crippen molar-refractivity contribution in [3.8, 4) is 5.75 Å². The number of ether oxygens (including phenoxy) is 1. The van der Waals surface area contributed by atoms with Crippen molar-refractivity contribution >= 4 is 5.91 Å². The largest absolute Gasteiger partial charge is 0.484 e. The SMILES string of the molecule is CC(C)c1ccc(OCC(=O)N2CCCCO2)cc1. The Kier molecular flexibility index (Phi) is 4.80. The summed E-state index contributed by atoms with van der Waals surface area (Å²) in [5, 5.41) is 1.41. The van der Waals surface area contributed by atoms with Crippen molar-refractivity contribution in [1.82, 2.24) is 5.06 Å². The summed E-state index contributed by atoms with van der Waals surface area (Å²) in [6.07, 6.45) is 2.01. The van der Waals surface area contributed by atoms with Gasteiger partial charge in [0, 0.05) is 6.54 Å². The number of hydrogen-bond acceptors (Lipinski definition) is 3. The van der Waals surface area contributed by atoms with Crippen LogP contribution in [-0.4, -0.2) is 30.7 Å². The molecule has 19 heavy (non-hydrogen) atoms. The average molecular weight is 263 g/mol. The molecular weight excluding hydrogens is 242 g/mol. The van der Waals surface area contributed by atoms with Gasteiger partial charge in [-0.2, -0.15) is 0 Å². The van der Waals surface area contributed by atoms with Gasteiger partial charge >= 0.3 is 0 Å². The number of carbonyl (C=O) groups excluding carboxylic acids is 1. The van der Waals surface area contributed by atoms with E-state index in [-0.39, 0.29) is 12.5 Å². The number of hydroxylamine groups is 2. The van der Waals surface area contributed by atoms with Crippen LogP contribution in [0.15, 0.2) is 24.3 Å². The molecule has 0 bridgehead atoms. The first-order chi connectivity index (χ1) is 9.16. The predicted molar refractivity (Wildman–Crippen MR) is 72.9 cm³/mol. The molecule has 0 unspecified atom stereocenters. The second-order valence-electron chi connectivity index (χ2n) is 5.05. The molecular formula is C15H21NO3. The highest BCUT2D eigenvalue weighted by Crippen LogP contribution is 2.18. The van der Waals surface area contributed by atoms with E-state index < -0.39 is 0 Å². The fourth-order valence-corrected chi connectivity index (χ4v) is 1.96. The second-order valence-corrected chi connectivity index (χ2v) is 5.05. The Bertz CT molecular complexity index is 408. The number of carbonyl (C=O) groups is 1. The molecule has 1 amide bonds. The van der Waals surface area contributed by atoms with Gasteiger partial charge in [-0.3, -0.25) is 9.63 Å². The molecule has 104 valence electrons. The molecule has 0 atom stereocenters. The van der Waals surface area contributed by atoms with Crippen LogP contribution in [0, 0.1) is 0 Å². The molecule has 0 aromatic heterocycles. The molecule has 4 nitrogen and oxygen atoms in total. The molecule has 1 aromatic rings. The third-order valence-corrected chi connectivity index (χ3v) is 3.19. The summed E-state index contributed by atoms with van der Waals surface area (Å²) in [6.45, 7) is 5.60. The Morgan fingerprint density at radius 2 is 2.05 bits per heavy atom. The van der Waals surface area contributed by atoms with Crippen LogP contribution in [0.3, 0.4) is 0 Å². The van der Waals surface area contributed by atoms with E-state index in [0.717, 1.165) is 18.6 Å². The maximum Gasteiger partial charge on any atom is 0.283 e. The zero-order chi connectivity index (χ0) is 13.7. The van der Waals surface area contributed by atoms with E-state index in [0.29, 0.717) is 19.1 Å². The van der Waals surface area contributed by atoms with Gasteiger partial charge in [0.2, 0.25) is 0 Å². The number of nitrogens with zero attached hydrogens (tertiary/aromatic N) is 1. The van der Waals surface area contributed by atoms with Crippen molar-refractivity contribution in [3.63, 3.8) is 0 Å². The van der Waals surface area contributed by atoms with Gasteiger partial charge in [0.15, 0.2) is 6.61 Å². The maximum atomic E-state index is 11.8. The van der Waals surface area contributed by atoms with Gasteiger partial charge in [-0.1, -0.05) is 26.0 Å². The van der Waals surface area contributed by atoms with Crippen molar-refractivity contribution in [2.45, 2.75) is 32.6 Å². The van der Waals surface area contributed by atoms with Crippen LogP contribution < -0.4 is 4.74 Å². The molecule has 1 aromatic carbocycles. The minimum Gasteiger partial charge on any atom is -0.484 e. The van der Waals surface area contributed by atoms with E-state index in [1.807, 2.05) is 24.3 Å². The maximum absolute atomic E-state index is 11.8. The van der Waals surface area contributed by atoms with Gasteiger partial charge in [-0.15, -0.1) is 0 Å². The van der Waals surface area contributed by atoms with Crippen LogP contribution in [-0.2, 0) is 9.63 Å². The first-order valence-corrected chi connectivity index (χ1v) is 6.83. The van der Waals surface area contributed by atoms with Crippen molar-refractivity contribution in [1.29, 1.82) is 0 Å². The van der Waals surface area contributed by atoms with Crippen molar-refractivity contribution in [2.24, 2.45) is 0 Å². The highest BCUT2D eigenvalue weighted by molar-refractivity contribution is 5.76. The molecule has 1 fully saturated rings. The predicted octanol–water partition coefficient (Wildman–Crippen LogP) is 2.74. The van der Waals surface area contributed by atoms with Crippen molar-refractivity contribution in [3.05, 3.63) is 29.8 Å². The smallest absolute Gasteiger partial charge is 0.283 e. The first-order valence-electron chi connectivity index (χ1n) is 6.83. The Morgan fingerprint density at radius 1 is 1.32 bits per heavy atom. The molecule has 0 spiro atoms. The molecule has 0 radical (unpaired) electrons. The van der Waals surface area contributed by atoms with E-state index in [2.05, 4.69) is 13.8 Å². The number of amides is 1. The molecule has 1 aliphatic rings. The average Bonchev–Trinajstić information content (AvgIpc) is 2.46. The minimum absolute atomic E-state index is 0.0288. The van der Waals surface area contributed by atoms with Gasteiger partial charge < -0.3 is 4.74 Å². The Morgan fingerprint density at radius 3 is 2.63 bits per heavy atom. The van der Waals surface area contributed by atoms with Gasteiger partial charge in [0.1, 0.15) is 5.75 Å². The Labute approximate surface area is 114 Å². The lowest BCUT2D eigenvalue weighted by Gasteiger charge is -2.25. The van der Waals surface area contributed by atoms with Crippen LogP contribution in [0.1, 0.15) is 38.2 Å². The number of rotatable bonds is 4. The Hall–Kier alpha value is -1.55. The van der Waals surface area contributed by atoms with Gasteiger partial charge in [-0.05, 0) is 36.5 Å². The summed E-state index contributed by atoms with van der Waals surface area (Å²) in [7, 11) is 0.